The van der Waals surface area contributed by atoms with Crippen molar-refractivity contribution in [3.05, 3.63) is 69.8 Å². The molecule has 1 heterocycles. The predicted molar refractivity (Wildman–Crippen MR) is 86.6 cm³/mol. The first-order chi connectivity index (χ1) is 10.6. The molecule has 0 aliphatic carbocycles. The first-order valence-electron chi connectivity index (χ1n) is 7.51. The smallest absolute Gasteiger partial charge is 0.161 e. The predicted octanol–water partition coefficient (Wildman–Crippen LogP) is 4.13. The van der Waals surface area contributed by atoms with Crippen molar-refractivity contribution in [2.45, 2.75) is 32.4 Å². The number of nitro groups is 1. The van der Waals surface area contributed by atoms with Crippen LogP contribution in [0.5, 0.6) is 0 Å². The number of hydrogen-bond donors (Lipinski definition) is 1. The van der Waals surface area contributed by atoms with Crippen molar-refractivity contribution >= 4 is 11.4 Å². The minimum atomic E-state index is -0.376. The Labute approximate surface area is 129 Å². The molecular formula is C17H19N3O2. The standard InChI is InChI=1S/C17H19N3O2/c1-3-12(2)19(20(21)22)17-13-8-4-6-10-15(13)18-16-11-7-5-9-14(16)17/h4-12,17-18H,3H2,1-2H3. The molecule has 22 heavy (non-hydrogen) atoms. The summed E-state index contributed by atoms with van der Waals surface area (Å²) in [5.74, 6) is 0. The van der Waals surface area contributed by atoms with Crippen LogP contribution in [-0.2, 0) is 0 Å². The fraction of sp³-hybridized carbons (Fsp3) is 0.294. The van der Waals surface area contributed by atoms with Crippen LogP contribution < -0.4 is 5.32 Å². The van der Waals surface area contributed by atoms with Crippen LogP contribution in [0.25, 0.3) is 0 Å². The first-order valence-corrected chi connectivity index (χ1v) is 7.51. The lowest BCUT2D eigenvalue weighted by Crippen LogP contribution is -2.42. The molecule has 1 aliphatic heterocycles. The van der Waals surface area contributed by atoms with Crippen molar-refractivity contribution < 1.29 is 5.03 Å². The van der Waals surface area contributed by atoms with E-state index in [1.807, 2.05) is 62.4 Å². The summed E-state index contributed by atoms with van der Waals surface area (Å²) in [6.45, 7) is 3.87. The Morgan fingerprint density at radius 1 is 1.14 bits per heavy atom. The lowest BCUT2D eigenvalue weighted by Gasteiger charge is -2.35. The minimum absolute atomic E-state index is 0.154. The fourth-order valence-electron chi connectivity index (χ4n) is 2.99. The Hall–Kier alpha value is -2.56. The molecule has 0 spiro atoms. The molecule has 0 saturated carbocycles. The number of para-hydroxylation sites is 2. The molecule has 2 aromatic rings. The SMILES string of the molecule is CCC(C)N(C1c2ccccc2Nc2ccccc21)[N+](=O)[O-]. The molecule has 0 aromatic heterocycles. The molecule has 5 nitrogen and oxygen atoms in total. The lowest BCUT2D eigenvalue weighted by molar-refractivity contribution is -0.672. The Bertz CT molecular complexity index is 656. The number of rotatable bonds is 4. The zero-order valence-electron chi connectivity index (χ0n) is 12.7. The highest BCUT2D eigenvalue weighted by molar-refractivity contribution is 5.73. The van der Waals surface area contributed by atoms with Crippen LogP contribution in [0.2, 0.25) is 0 Å². The number of nitrogens with zero attached hydrogens (tertiary/aromatic N) is 2. The van der Waals surface area contributed by atoms with Crippen LogP contribution in [0.3, 0.4) is 0 Å². The minimum Gasteiger partial charge on any atom is -0.355 e. The van der Waals surface area contributed by atoms with Gasteiger partial charge in [0.2, 0.25) is 0 Å². The third kappa shape index (κ3) is 2.28. The van der Waals surface area contributed by atoms with Crippen molar-refractivity contribution in [2.75, 3.05) is 5.32 Å². The summed E-state index contributed by atoms with van der Waals surface area (Å²) in [4.78, 5) is 11.7. The molecule has 3 rings (SSSR count). The van der Waals surface area contributed by atoms with Crippen molar-refractivity contribution in [1.82, 2.24) is 5.01 Å². The lowest BCUT2D eigenvalue weighted by atomic mass is 9.90. The summed E-state index contributed by atoms with van der Waals surface area (Å²) in [6, 6.07) is 15.1. The topological polar surface area (TPSA) is 58.4 Å². The van der Waals surface area contributed by atoms with Gasteiger partial charge in [0.15, 0.2) is 5.03 Å². The molecule has 1 atom stereocenters. The third-order valence-electron chi connectivity index (χ3n) is 4.28. The van der Waals surface area contributed by atoms with Gasteiger partial charge in [0.25, 0.3) is 0 Å². The van der Waals surface area contributed by atoms with E-state index in [1.165, 1.54) is 5.01 Å². The van der Waals surface area contributed by atoms with Gasteiger partial charge in [0.05, 0.1) is 6.04 Å². The molecule has 2 aromatic carbocycles. The van der Waals surface area contributed by atoms with Crippen LogP contribution in [0.15, 0.2) is 48.5 Å². The van der Waals surface area contributed by atoms with E-state index in [-0.39, 0.29) is 17.1 Å². The summed E-state index contributed by atoms with van der Waals surface area (Å²) >= 11 is 0. The number of anilines is 2. The summed E-state index contributed by atoms with van der Waals surface area (Å²) in [7, 11) is 0. The summed E-state index contributed by atoms with van der Waals surface area (Å²) in [6.07, 6.45) is 0.718. The molecule has 5 heteroatoms. The first kappa shape index (κ1) is 14.4. The van der Waals surface area contributed by atoms with Crippen LogP contribution in [0, 0.1) is 10.1 Å². The summed E-state index contributed by atoms with van der Waals surface area (Å²) in [5, 5.41) is 16.2. The molecule has 114 valence electrons. The van der Waals surface area contributed by atoms with Gasteiger partial charge in [0.1, 0.15) is 6.04 Å². The van der Waals surface area contributed by atoms with Gasteiger partial charge in [-0.15, -0.1) is 5.01 Å². The van der Waals surface area contributed by atoms with E-state index >= 15 is 0 Å². The molecule has 1 aliphatic rings. The molecule has 0 amide bonds. The highest BCUT2D eigenvalue weighted by Gasteiger charge is 2.38. The van der Waals surface area contributed by atoms with Gasteiger partial charge in [-0.05, 0) is 25.5 Å². The second kappa shape index (κ2) is 5.67. The van der Waals surface area contributed by atoms with E-state index < -0.39 is 0 Å². The van der Waals surface area contributed by atoms with E-state index in [0.717, 1.165) is 28.9 Å². The van der Waals surface area contributed by atoms with Gasteiger partial charge in [-0.2, -0.15) is 0 Å². The molecular weight excluding hydrogens is 278 g/mol. The van der Waals surface area contributed by atoms with Crippen LogP contribution >= 0.6 is 0 Å². The van der Waals surface area contributed by atoms with Crippen molar-refractivity contribution in [3.8, 4) is 0 Å². The van der Waals surface area contributed by atoms with Gasteiger partial charge in [-0.3, -0.25) is 0 Å². The molecule has 1 unspecified atom stereocenters. The highest BCUT2D eigenvalue weighted by Crippen LogP contribution is 2.43. The number of nitrogens with one attached hydrogen (secondary N) is 1. The van der Waals surface area contributed by atoms with Crippen molar-refractivity contribution in [3.63, 3.8) is 0 Å². The third-order valence-corrected chi connectivity index (χ3v) is 4.28. The Morgan fingerprint density at radius 2 is 1.64 bits per heavy atom. The van der Waals surface area contributed by atoms with Crippen LogP contribution in [0.1, 0.15) is 37.4 Å². The fourth-order valence-corrected chi connectivity index (χ4v) is 2.99. The summed E-state index contributed by atoms with van der Waals surface area (Å²) < 4.78 is 0. The number of hydrazine groups is 1. The second-order valence-electron chi connectivity index (χ2n) is 5.58. The van der Waals surface area contributed by atoms with Crippen molar-refractivity contribution in [2.24, 2.45) is 0 Å². The summed E-state index contributed by atoms with van der Waals surface area (Å²) in [5.41, 5.74) is 3.75. The zero-order valence-corrected chi connectivity index (χ0v) is 12.7. The monoisotopic (exact) mass is 297 g/mol. The van der Waals surface area contributed by atoms with E-state index in [0.29, 0.717) is 0 Å². The van der Waals surface area contributed by atoms with E-state index in [1.54, 1.807) is 0 Å². The normalized spacial score (nSPS) is 14.5. The van der Waals surface area contributed by atoms with Crippen molar-refractivity contribution in [1.29, 1.82) is 0 Å². The zero-order chi connectivity index (χ0) is 15.7. The highest BCUT2D eigenvalue weighted by atomic mass is 16.7. The Balaban J connectivity index is 2.19. The van der Waals surface area contributed by atoms with Gasteiger partial charge in [-0.25, -0.2) is 10.1 Å². The maximum absolute atomic E-state index is 11.7. The molecule has 0 fully saturated rings. The molecule has 1 N–H and O–H groups in total. The molecule has 0 radical (unpaired) electrons. The van der Waals surface area contributed by atoms with Gasteiger partial charge >= 0.3 is 0 Å². The quantitative estimate of drug-likeness (QED) is 0.681. The van der Waals surface area contributed by atoms with Crippen LogP contribution in [0.4, 0.5) is 11.4 Å². The maximum Gasteiger partial charge on any atom is 0.161 e. The largest absolute Gasteiger partial charge is 0.355 e. The van der Waals surface area contributed by atoms with Crippen LogP contribution in [-0.4, -0.2) is 16.1 Å². The maximum atomic E-state index is 11.7. The Morgan fingerprint density at radius 3 is 2.09 bits per heavy atom. The van der Waals surface area contributed by atoms with E-state index in [4.69, 9.17) is 0 Å². The van der Waals surface area contributed by atoms with Gasteiger partial charge < -0.3 is 5.32 Å². The average molecular weight is 297 g/mol. The number of hydrogen-bond acceptors (Lipinski definition) is 3. The number of fused-ring (bicyclic) bond motifs is 2. The molecule has 0 bridgehead atoms. The Kier molecular flexibility index (Phi) is 3.71. The van der Waals surface area contributed by atoms with E-state index in [2.05, 4.69) is 5.32 Å². The van der Waals surface area contributed by atoms with E-state index in [9.17, 15) is 10.1 Å². The van der Waals surface area contributed by atoms with Gasteiger partial charge in [-0.1, -0.05) is 43.3 Å². The number of benzene rings is 2. The molecule has 0 saturated heterocycles. The second-order valence-corrected chi connectivity index (χ2v) is 5.58. The average Bonchev–Trinajstić information content (AvgIpc) is 2.54. The van der Waals surface area contributed by atoms with Gasteiger partial charge in [0, 0.05) is 22.5 Å².